The number of nitrogens with one attached hydrogen (secondary N) is 2. The number of ether oxygens (including phenoxy) is 1. The highest BCUT2D eigenvalue weighted by Crippen LogP contribution is 2.20. The zero-order valence-electron chi connectivity index (χ0n) is 20.9. The van der Waals surface area contributed by atoms with E-state index in [9.17, 15) is 14.9 Å². The molecule has 2 N–H and O–H groups in total. The number of aromatic nitrogens is 1. The second kappa shape index (κ2) is 13.0. The maximum absolute atomic E-state index is 12.9. The van der Waals surface area contributed by atoms with E-state index in [0.717, 1.165) is 47.0 Å². The zero-order chi connectivity index (χ0) is 26.8. The smallest absolute Gasteiger partial charge is 0.270 e. The fourth-order valence-corrected chi connectivity index (χ4v) is 4.72. The van der Waals surface area contributed by atoms with Crippen LogP contribution in [0.2, 0.25) is 0 Å². The summed E-state index contributed by atoms with van der Waals surface area (Å²) in [6.45, 7) is 2.64. The van der Waals surface area contributed by atoms with Crippen LogP contribution in [0.1, 0.15) is 12.5 Å². The SMILES string of the molecule is CCn1c(=C(C#N)C(=O)NCC#N)sc(=CNc2cccc(CCN(C)c3cccc(OC)c3)c2)c1=O. The van der Waals surface area contributed by atoms with E-state index in [1.54, 1.807) is 26.3 Å². The van der Waals surface area contributed by atoms with Crippen molar-refractivity contribution in [2.75, 3.05) is 37.5 Å². The summed E-state index contributed by atoms with van der Waals surface area (Å²) in [5, 5.41) is 23.7. The Hall–Kier alpha value is -4.54. The van der Waals surface area contributed by atoms with E-state index in [2.05, 4.69) is 15.5 Å². The van der Waals surface area contributed by atoms with Gasteiger partial charge in [-0.05, 0) is 43.2 Å². The van der Waals surface area contributed by atoms with Crippen molar-refractivity contribution >= 4 is 40.4 Å². The lowest BCUT2D eigenvalue weighted by atomic mass is 10.1. The Morgan fingerprint density at radius 1 is 1.22 bits per heavy atom. The largest absolute Gasteiger partial charge is 0.497 e. The number of carbonyl (C=O) groups excluding carboxylic acids is 1. The minimum atomic E-state index is -0.682. The minimum absolute atomic E-state index is 0.194. The van der Waals surface area contributed by atoms with Crippen molar-refractivity contribution in [2.45, 2.75) is 19.9 Å². The Morgan fingerprint density at radius 3 is 2.70 bits per heavy atom. The molecule has 0 bridgehead atoms. The van der Waals surface area contributed by atoms with Gasteiger partial charge in [0.1, 0.15) is 27.6 Å². The van der Waals surface area contributed by atoms with Crippen LogP contribution in [0.15, 0.2) is 53.3 Å². The molecule has 190 valence electrons. The van der Waals surface area contributed by atoms with Gasteiger partial charge in [-0.15, -0.1) is 11.3 Å². The number of benzene rings is 2. The average Bonchev–Trinajstić information content (AvgIpc) is 3.24. The third-order valence-electron chi connectivity index (χ3n) is 5.63. The van der Waals surface area contributed by atoms with Crippen molar-refractivity contribution in [3.8, 4) is 17.9 Å². The molecule has 0 aliphatic heterocycles. The fourth-order valence-electron chi connectivity index (χ4n) is 3.64. The summed E-state index contributed by atoms with van der Waals surface area (Å²) in [6, 6.07) is 19.5. The standard InChI is InChI=1S/C27H28N6O3S/c1-4-33-26(35)24(37-27(33)23(17-29)25(34)30-13-12-28)18-31-20-8-5-7-19(15-20)11-14-32(2)21-9-6-10-22(16-21)36-3/h5-10,15-16,18,31H,4,11,13-14H2,1-3H3,(H,30,34). The lowest BCUT2D eigenvalue weighted by molar-refractivity contribution is -0.115. The van der Waals surface area contributed by atoms with Crippen LogP contribution >= 0.6 is 11.3 Å². The quantitative estimate of drug-likeness (QED) is 0.394. The van der Waals surface area contributed by atoms with Gasteiger partial charge in [0, 0.05) is 43.8 Å². The lowest BCUT2D eigenvalue weighted by Gasteiger charge is -2.20. The van der Waals surface area contributed by atoms with Crippen molar-refractivity contribution in [2.24, 2.45) is 0 Å². The Balaban J connectivity index is 1.80. The molecule has 1 heterocycles. The highest BCUT2D eigenvalue weighted by molar-refractivity contribution is 7.07. The normalized spacial score (nSPS) is 11.8. The molecule has 3 rings (SSSR count). The molecule has 0 radical (unpaired) electrons. The molecule has 0 unspecified atom stereocenters. The summed E-state index contributed by atoms with van der Waals surface area (Å²) in [6.07, 6.45) is 2.40. The highest BCUT2D eigenvalue weighted by atomic mass is 32.1. The second-order valence-electron chi connectivity index (χ2n) is 8.01. The topological polar surface area (TPSA) is 123 Å². The summed E-state index contributed by atoms with van der Waals surface area (Å²) in [5.41, 5.74) is 2.51. The van der Waals surface area contributed by atoms with Crippen LogP contribution in [-0.2, 0) is 17.8 Å². The zero-order valence-corrected chi connectivity index (χ0v) is 21.8. The Kier molecular flexibility index (Phi) is 9.48. The third kappa shape index (κ3) is 6.78. The number of carbonyl (C=O) groups is 1. The highest BCUT2D eigenvalue weighted by Gasteiger charge is 2.15. The summed E-state index contributed by atoms with van der Waals surface area (Å²) in [5.74, 6) is 0.130. The van der Waals surface area contributed by atoms with E-state index in [1.807, 2.05) is 61.6 Å². The van der Waals surface area contributed by atoms with Crippen molar-refractivity contribution < 1.29 is 9.53 Å². The first-order valence-electron chi connectivity index (χ1n) is 11.6. The van der Waals surface area contributed by atoms with Gasteiger partial charge in [-0.1, -0.05) is 18.2 Å². The maximum Gasteiger partial charge on any atom is 0.270 e. The van der Waals surface area contributed by atoms with Gasteiger partial charge < -0.3 is 20.3 Å². The van der Waals surface area contributed by atoms with E-state index in [4.69, 9.17) is 10.00 Å². The molecule has 0 atom stereocenters. The first-order chi connectivity index (χ1) is 17.9. The number of likely N-dealkylation sites (N-methyl/N-ethyl adjacent to an activating group) is 1. The van der Waals surface area contributed by atoms with Gasteiger partial charge in [0.15, 0.2) is 5.57 Å². The molecular weight excluding hydrogens is 488 g/mol. The molecular formula is C27H28N6O3S. The number of hydrogen-bond acceptors (Lipinski definition) is 8. The van der Waals surface area contributed by atoms with Gasteiger partial charge in [-0.2, -0.15) is 10.5 Å². The van der Waals surface area contributed by atoms with E-state index in [0.29, 0.717) is 11.1 Å². The molecule has 0 spiro atoms. The van der Waals surface area contributed by atoms with E-state index in [1.165, 1.54) is 4.57 Å². The number of anilines is 2. The second-order valence-corrected chi connectivity index (χ2v) is 9.04. The van der Waals surface area contributed by atoms with Gasteiger partial charge in [0.25, 0.3) is 11.5 Å². The number of methoxy groups -OCH3 is 1. The molecule has 9 nitrogen and oxygen atoms in total. The maximum atomic E-state index is 12.9. The summed E-state index contributed by atoms with van der Waals surface area (Å²) in [4.78, 5) is 27.4. The first kappa shape index (κ1) is 27.1. The van der Waals surface area contributed by atoms with Crippen molar-refractivity contribution in [1.82, 2.24) is 9.88 Å². The lowest BCUT2D eigenvalue weighted by Crippen LogP contribution is -2.34. The fraction of sp³-hybridized carbons (Fsp3) is 0.259. The molecule has 0 saturated heterocycles. The molecule has 0 saturated carbocycles. The number of rotatable bonds is 10. The molecule has 1 aromatic heterocycles. The molecule has 10 heteroatoms. The van der Waals surface area contributed by atoms with E-state index < -0.39 is 5.91 Å². The van der Waals surface area contributed by atoms with Crippen molar-refractivity contribution in [1.29, 1.82) is 10.5 Å². The summed E-state index contributed by atoms with van der Waals surface area (Å²) in [7, 11) is 3.68. The van der Waals surface area contributed by atoms with Crippen LogP contribution in [0.3, 0.4) is 0 Å². The Morgan fingerprint density at radius 2 is 2.00 bits per heavy atom. The van der Waals surface area contributed by atoms with Crippen LogP contribution < -0.4 is 35.0 Å². The van der Waals surface area contributed by atoms with Crippen molar-refractivity contribution in [3.63, 3.8) is 0 Å². The molecule has 0 aliphatic carbocycles. The van der Waals surface area contributed by atoms with Crippen LogP contribution in [0, 0.1) is 22.7 Å². The summed E-state index contributed by atoms with van der Waals surface area (Å²) >= 11 is 1.06. The van der Waals surface area contributed by atoms with Crippen molar-refractivity contribution in [3.05, 3.63) is 73.6 Å². The molecule has 3 aromatic rings. The van der Waals surface area contributed by atoms with Gasteiger partial charge in [-0.3, -0.25) is 14.2 Å². The molecule has 0 aliphatic rings. The number of nitrogens with zero attached hydrogens (tertiary/aromatic N) is 4. The molecule has 2 aromatic carbocycles. The van der Waals surface area contributed by atoms with Crippen LogP contribution in [-0.4, -0.2) is 37.7 Å². The molecule has 0 fully saturated rings. The Bertz CT molecular complexity index is 1530. The average molecular weight is 517 g/mol. The van der Waals surface area contributed by atoms with Gasteiger partial charge in [-0.25, -0.2) is 0 Å². The van der Waals surface area contributed by atoms with Crippen LogP contribution in [0.4, 0.5) is 11.4 Å². The first-order valence-corrected chi connectivity index (χ1v) is 12.4. The van der Waals surface area contributed by atoms with Gasteiger partial charge >= 0.3 is 0 Å². The van der Waals surface area contributed by atoms with Crippen LogP contribution in [0.5, 0.6) is 5.75 Å². The molecule has 1 amide bonds. The number of thiazole rings is 1. The van der Waals surface area contributed by atoms with Crippen LogP contribution in [0.25, 0.3) is 11.8 Å². The van der Waals surface area contributed by atoms with E-state index in [-0.39, 0.29) is 22.3 Å². The Labute approximate surface area is 219 Å². The van der Waals surface area contributed by atoms with E-state index >= 15 is 0 Å². The molecule has 37 heavy (non-hydrogen) atoms. The third-order valence-corrected chi connectivity index (χ3v) is 6.76. The predicted octanol–water partition coefficient (Wildman–Crippen LogP) is 1.78. The summed E-state index contributed by atoms with van der Waals surface area (Å²) < 4.78 is 7.31. The number of hydrogen-bond donors (Lipinski definition) is 2. The van der Waals surface area contributed by atoms with Gasteiger partial charge in [0.2, 0.25) is 0 Å². The number of nitriles is 2. The predicted molar refractivity (Wildman–Crippen MR) is 146 cm³/mol. The minimum Gasteiger partial charge on any atom is -0.497 e. The number of amides is 1. The monoisotopic (exact) mass is 516 g/mol. The van der Waals surface area contributed by atoms with Gasteiger partial charge in [0.05, 0.1) is 13.2 Å².